The van der Waals surface area contributed by atoms with Gasteiger partial charge in [-0.1, -0.05) is 12.1 Å². The fraction of sp³-hybridized carbons (Fsp3) is 0.529. The zero-order valence-electron chi connectivity index (χ0n) is 26.9. The van der Waals surface area contributed by atoms with Gasteiger partial charge in [-0.2, -0.15) is 0 Å². The molecule has 1 aromatic carbocycles. The van der Waals surface area contributed by atoms with E-state index in [2.05, 4.69) is 42.0 Å². The Bertz CT molecular complexity index is 1470. The van der Waals surface area contributed by atoms with Gasteiger partial charge in [0.15, 0.2) is 5.82 Å². The number of aromatic nitrogens is 3. The molecule has 47 heavy (non-hydrogen) atoms. The first-order valence-corrected chi connectivity index (χ1v) is 16.7. The number of phenols is 1. The van der Waals surface area contributed by atoms with E-state index in [1.54, 1.807) is 12.1 Å². The number of nitrogens with zero attached hydrogens (tertiary/aromatic N) is 7. The highest BCUT2D eigenvalue weighted by atomic mass is 16.5. The molecule has 3 aliphatic heterocycles. The molecule has 4 N–H and O–H groups in total. The zero-order valence-corrected chi connectivity index (χ0v) is 26.9. The van der Waals surface area contributed by atoms with Gasteiger partial charge < -0.3 is 35.2 Å². The minimum atomic E-state index is -0.766. The largest absolute Gasteiger partial charge is 0.507 e. The third kappa shape index (κ3) is 8.47. The quantitative estimate of drug-likeness (QED) is 0.207. The van der Waals surface area contributed by atoms with Gasteiger partial charge in [0, 0.05) is 87.6 Å². The summed E-state index contributed by atoms with van der Waals surface area (Å²) in [6.07, 6.45) is 5.89. The van der Waals surface area contributed by atoms with Crippen molar-refractivity contribution in [3.63, 3.8) is 0 Å². The summed E-state index contributed by atoms with van der Waals surface area (Å²) in [5.41, 5.74) is 10.7. The summed E-state index contributed by atoms with van der Waals surface area (Å²) in [5.74, 6) is -0.189. The van der Waals surface area contributed by atoms with Crippen molar-refractivity contribution in [2.75, 3.05) is 94.3 Å². The van der Waals surface area contributed by atoms with Crippen molar-refractivity contribution >= 4 is 23.2 Å². The van der Waals surface area contributed by atoms with Gasteiger partial charge in [0.05, 0.1) is 37.7 Å². The molecule has 13 heteroatoms. The van der Waals surface area contributed by atoms with Crippen LogP contribution in [0.15, 0.2) is 48.7 Å². The van der Waals surface area contributed by atoms with Gasteiger partial charge in [0.2, 0.25) is 0 Å². The van der Waals surface area contributed by atoms with Crippen LogP contribution in [0.2, 0.25) is 0 Å². The fourth-order valence-electron chi connectivity index (χ4n) is 6.98. The van der Waals surface area contributed by atoms with E-state index in [0.717, 1.165) is 82.9 Å². The fourth-order valence-corrected chi connectivity index (χ4v) is 6.98. The first-order valence-electron chi connectivity index (χ1n) is 16.7. The molecule has 0 radical (unpaired) electrons. The summed E-state index contributed by atoms with van der Waals surface area (Å²) in [6, 6.07) is 14.2. The molecule has 13 nitrogen and oxygen atoms in total. The Hall–Kier alpha value is -4.04. The van der Waals surface area contributed by atoms with Gasteiger partial charge in [-0.15, -0.1) is 10.2 Å². The third-order valence-corrected chi connectivity index (χ3v) is 9.37. The standard InChI is InChI=1S/C34H46N8O5/c35-34-31(21-30(37-38-34)29-5-1-2-6-32(29)43)41-22-27-7-8-28(23-41)42(27)26-9-10-36-25(20-26)4-3-16-46-18-19-47-17-15-39-11-13-40(14-12-39)24-33(44)45/h1-2,5-6,9-10,20-21,27-28,43H,3-4,7-8,11-19,22-24H2,(H2,35,38)(H,44,45). The lowest BCUT2D eigenvalue weighted by Gasteiger charge is -2.43. The Morgan fingerprint density at radius 1 is 0.915 bits per heavy atom. The van der Waals surface area contributed by atoms with Gasteiger partial charge in [0.25, 0.3) is 0 Å². The summed E-state index contributed by atoms with van der Waals surface area (Å²) in [5, 5.41) is 27.8. The molecule has 252 valence electrons. The number of aromatic hydroxyl groups is 1. The van der Waals surface area contributed by atoms with E-state index in [4.69, 9.17) is 20.3 Å². The van der Waals surface area contributed by atoms with Crippen LogP contribution in [-0.2, 0) is 20.7 Å². The minimum absolute atomic E-state index is 0.120. The van der Waals surface area contributed by atoms with Crippen LogP contribution in [0.25, 0.3) is 11.3 Å². The number of rotatable bonds is 15. The number of aliphatic carboxylic acids is 1. The van der Waals surface area contributed by atoms with Crippen LogP contribution >= 0.6 is 0 Å². The number of ether oxygens (including phenoxy) is 2. The van der Waals surface area contributed by atoms with Crippen molar-refractivity contribution in [2.24, 2.45) is 0 Å². The van der Waals surface area contributed by atoms with Crippen molar-refractivity contribution in [2.45, 2.75) is 37.8 Å². The molecule has 2 atom stereocenters. The summed E-state index contributed by atoms with van der Waals surface area (Å²) >= 11 is 0. The number of anilines is 3. The highest BCUT2D eigenvalue weighted by molar-refractivity contribution is 5.74. The Kier molecular flexibility index (Phi) is 11.0. The predicted octanol–water partition coefficient (Wildman–Crippen LogP) is 2.35. The van der Waals surface area contributed by atoms with Gasteiger partial charge in [-0.25, -0.2) is 0 Å². The molecule has 2 aromatic heterocycles. The lowest BCUT2D eigenvalue weighted by Crippen LogP contribution is -2.54. The number of pyridine rings is 1. The molecule has 0 spiro atoms. The van der Waals surface area contributed by atoms with Crippen LogP contribution in [0.1, 0.15) is 25.0 Å². The van der Waals surface area contributed by atoms with E-state index < -0.39 is 5.97 Å². The first-order chi connectivity index (χ1) is 22.9. The minimum Gasteiger partial charge on any atom is -0.507 e. The van der Waals surface area contributed by atoms with E-state index in [1.807, 2.05) is 29.3 Å². The smallest absolute Gasteiger partial charge is 0.317 e. The molecule has 6 rings (SSSR count). The molecule has 0 saturated carbocycles. The first kappa shape index (κ1) is 32.9. The van der Waals surface area contributed by atoms with Crippen molar-refractivity contribution < 1.29 is 24.5 Å². The monoisotopic (exact) mass is 646 g/mol. The highest BCUT2D eigenvalue weighted by Crippen LogP contribution is 2.39. The zero-order chi connectivity index (χ0) is 32.6. The number of phenolic OH excluding ortho intramolecular Hbond substituents is 1. The number of aryl methyl sites for hydroxylation is 1. The number of carbonyl (C=O) groups is 1. The number of nitrogens with two attached hydrogens (primary N) is 1. The third-order valence-electron chi connectivity index (χ3n) is 9.37. The molecule has 0 aliphatic carbocycles. The number of fused-ring (bicyclic) bond motifs is 2. The maximum Gasteiger partial charge on any atom is 0.317 e. The van der Waals surface area contributed by atoms with Crippen molar-refractivity contribution in [3.8, 4) is 17.0 Å². The summed E-state index contributed by atoms with van der Waals surface area (Å²) in [6.45, 7) is 8.43. The van der Waals surface area contributed by atoms with Crippen LogP contribution < -0.4 is 15.5 Å². The predicted molar refractivity (Wildman–Crippen MR) is 180 cm³/mol. The van der Waals surface area contributed by atoms with Crippen LogP contribution in [0.3, 0.4) is 0 Å². The van der Waals surface area contributed by atoms with E-state index in [9.17, 15) is 9.90 Å². The van der Waals surface area contributed by atoms with E-state index in [0.29, 0.717) is 55.6 Å². The number of piperazine rings is 2. The molecule has 0 amide bonds. The Morgan fingerprint density at radius 3 is 2.38 bits per heavy atom. The SMILES string of the molecule is Nc1nnc(-c2ccccc2O)cc1N1CC2CCC(C1)N2c1ccnc(CCCOCCOCCN2CCN(CC(=O)O)CC2)c1. The second kappa shape index (κ2) is 15.7. The van der Waals surface area contributed by atoms with E-state index >= 15 is 0 Å². The van der Waals surface area contributed by atoms with Gasteiger partial charge in [0.1, 0.15) is 5.75 Å². The number of hydrogen-bond donors (Lipinski definition) is 3. The van der Waals surface area contributed by atoms with Gasteiger partial charge >= 0.3 is 5.97 Å². The molecular weight excluding hydrogens is 600 g/mol. The van der Waals surface area contributed by atoms with Crippen LogP contribution in [0, 0.1) is 0 Å². The van der Waals surface area contributed by atoms with Crippen molar-refractivity contribution in [1.82, 2.24) is 25.0 Å². The molecule has 3 aliphatic rings. The normalized spacial score (nSPS) is 20.2. The lowest BCUT2D eigenvalue weighted by atomic mass is 10.1. The number of carboxylic acid groups (broad SMARTS) is 1. The number of hydrogen-bond acceptors (Lipinski definition) is 12. The highest BCUT2D eigenvalue weighted by Gasteiger charge is 2.40. The lowest BCUT2D eigenvalue weighted by molar-refractivity contribution is -0.138. The maximum atomic E-state index is 10.9. The summed E-state index contributed by atoms with van der Waals surface area (Å²) in [4.78, 5) is 24.7. The number of nitrogen functional groups attached to an aromatic ring is 1. The second-order valence-corrected chi connectivity index (χ2v) is 12.6. The van der Waals surface area contributed by atoms with Crippen LogP contribution in [0.4, 0.5) is 17.2 Å². The number of para-hydroxylation sites is 1. The van der Waals surface area contributed by atoms with E-state index in [1.165, 1.54) is 5.69 Å². The van der Waals surface area contributed by atoms with Crippen molar-refractivity contribution in [1.29, 1.82) is 0 Å². The molecule has 3 saturated heterocycles. The summed E-state index contributed by atoms with van der Waals surface area (Å²) < 4.78 is 11.6. The molecule has 2 bridgehead atoms. The molecular formula is C34H46N8O5. The molecule has 3 aromatic rings. The van der Waals surface area contributed by atoms with Gasteiger partial charge in [-0.05, 0) is 56.0 Å². The molecule has 3 fully saturated rings. The topological polar surface area (TPSA) is 154 Å². The van der Waals surface area contributed by atoms with E-state index in [-0.39, 0.29) is 12.3 Å². The van der Waals surface area contributed by atoms with Crippen molar-refractivity contribution in [3.05, 3.63) is 54.4 Å². The second-order valence-electron chi connectivity index (χ2n) is 12.6. The van der Waals surface area contributed by atoms with Crippen LogP contribution in [0.5, 0.6) is 5.75 Å². The average molecular weight is 647 g/mol. The maximum absolute atomic E-state index is 10.9. The Morgan fingerprint density at radius 2 is 1.64 bits per heavy atom. The number of carboxylic acids is 1. The molecule has 2 unspecified atom stereocenters. The molecule has 5 heterocycles. The van der Waals surface area contributed by atoms with Gasteiger partial charge in [-0.3, -0.25) is 19.6 Å². The van der Waals surface area contributed by atoms with Crippen LogP contribution in [-0.4, -0.2) is 132 Å². The summed E-state index contributed by atoms with van der Waals surface area (Å²) in [7, 11) is 0. The Balaban J connectivity index is 0.916. The number of benzene rings is 1. The average Bonchev–Trinajstić information content (AvgIpc) is 3.34. The Labute approximate surface area is 275 Å².